The molecule has 2 aliphatic rings. The summed E-state index contributed by atoms with van der Waals surface area (Å²) >= 11 is 0. The average molecular weight is 364 g/mol. The van der Waals surface area contributed by atoms with E-state index in [-0.39, 0.29) is 12.1 Å². The minimum atomic E-state index is -0.0568. The van der Waals surface area contributed by atoms with Gasteiger partial charge in [-0.15, -0.1) is 0 Å². The molecule has 4 heteroatoms. The number of amides is 2. The fourth-order valence-electron chi connectivity index (χ4n) is 4.53. The third-order valence-electron chi connectivity index (χ3n) is 5.87. The summed E-state index contributed by atoms with van der Waals surface area (Å²) in [5, 5.41) is 9.67. The van der Waals surface area contributed by atoms with Gasteiger partial charge in [0.15, 0.2) is 0 Å². The molecule has 2 atom stereocenters. The van der Waals surface area contributed by atoms with E-state index in [1.54, 1.807) is 0 Å². The minimum Gasteiger partial charge on any atom is -0.337 e. The molecule has 0 aromatic heterocycles. The molecule has 0 saturated carbocycles. The highest BCUT2D eigenvalue weighted by Crippen LogP contribution is 2.29. The van der Waals surface area contributed by atoms with Gasteiger partial charge in [0.05, 0.1) is 0 Å². The molecule has 1 heterocycles. The summed E-state index contributed by atoms with van der Waals surface area (Å²) in [6.07, 6.45) is 4.26. The van der Waals surface area contributed by atoms with E-state index in [1.165, 1.54) is 22.3 Å². The molecule has 2 amide bonds. The molecule has 0 bridgehead atoms. The highest BCUT2D eigenvalue weighted by molar-refractivity contribution is 5.74. The molecule has 1 unspecified atom stereocenters. The van der Waals surface area contributed by atoms with Gasteiger partial charge >= 0.3 is 6.03 Å². The van der Waals surface area contributed by atoms with E-state index in [1.807, 2.05) is 0 Å². The predicted octanol–water partition coefficient (Wildman–Crippen LogP) is 3.19. The van der Waals surface area contributed by atoms with E-state index in [9.17, 15) is 4.79 Å². The standard InChI is InChI=1S/C23H29N3O/c1-16(10-17-11-18-6-2-3-7-19(18)12-17)26-23(27)25-15-22-13-20-8-4-5-9-21(20)14-24-22/h2-9,16-17,22,24H,10-15H2,1H3,(H2,25,26,27)/t16-,22?/m0/s1. The van der Waals surface area contributed by atoms with Gasteiger partial charge in [0.2, 0.25) is 0 Å². The molecular weight excluding hydrogens is 334 g/mol. The highest BCUT2D eigenvalue weighted by atomic mass is 16.2. The molecule has 0 spiro atoms. The molecule has 0 fully saturated rings. The van der Waals surface area contributed by atoms with Crippen molar-refractivity contribution >= 4 is 6.03 Å². The Hall–Kier alpha value is -2.33. The summed E-state index contributed by atoms with van der Waals surface area (Å²) in [7, 11) is 0. The molecule has 1 aliphatic carbocycles. The van der Waals surface area contributed by atoms with Crippen LogP contribution in [-0.4, -0.2) is 24.7 Å². The number of carbonyl (C=O) groups is 1. The van der Waals surface area contributed by atoms with Gasteiger partial charge in [-0.2, -0.15) is 0 Å². The van der Waals surface area contributed by atoms with Gasteiger partial charge in [-0.05, 0) is 60.8 Å². The Kier molecular flexibility index (Phi) is 5.44. The normalized spacial score (nSPS) is 19.8. The second kappa shape index (κ2) is 8.13. The van der Waals surface area contributed by atoms with Crippen LogP contribution in [0.5, 0.6) is 0 Å². The quantitative estimate of drug-likeness (QED) is 0.764. The molecule has 27 heavy (non-hydrogen) atoms. The zero-order chi connectivity index (χ0) is 18.6. The van der Waals surface area contributed by atoms with Crippen molar-refractivity contribution < 1.29 is 4.79 Å². The summed E-state index contributed by atoms with van der Waals surface area (Å²) in [6, 6.07) is 17.6. The van der Waals surface area contributed by atoms with Crippen molar-refractivity contribution in [1.29, 1.82) is 0 Å². The Morgan fingerprint density at radius 2 is 1.59 bits per heavy atom. The van der Waals surface area contributed by atoms with Crippen molar-refractivity contribution in [2.45, 2.75) is 51.2 Å². The van der Waals surface area contributed by atoms with Crippen LogP contribution in [0, 0.1) is 5.92 Å². The summed E-state index contributed by atoms with van der Waals surface area (Å²) in [5.41, 5.74) is 5.70. The fourth-order valence-corrected chi connectivity index (χ4v) is 4.53. The van der Waals surface area contributed by atoms with Gasteiger partial charge in [-0.3, -0.25) is 0 Å². The lowest BCUT2D eigenvalue weighted by atomic mass is 9.96. The minimum absolute atomic E-state index is 0.0568. The first-order valence-corrected chi connectivity index (χ1v) is 10.1. The lowest BCUT2D eigenvalue weighted by Gasteiger charge is -2.26. The van der Waals surface area contributed by atoms with Gasteiger partial charge in [0, 0.05) is 25.2 Å². The Balaban J connectivity index is 1.19. The second-order valence-electron chi connectivity index (χ2n) is 8.08. The first kappa shape index (κ1) is 18.1. The van der Waals surface area contributed by atoms with Crippen LogP contribution in [-0.2, 0) is 25.8 Å². The van der Waals surface area contributed by atoms with Crippen LogP contribution in [0.25, 0.3) is 0 Å². The van der Waals surface area contributed by atoms with E-state index in [0.717, 1.165) is 32.2 Å². The maximum absolute atomic E-state index is 12.3. The molecule has 4 rings (SSSR count). The number of urea groups is 1. The maximum atomic E-state index is 12.3. The fraction of sp³-hybridized carbons (Fsp3) is 0.435. The Morgan fingerprint density at radius 3 is 2.26 bits per heavy atom. The monoisotopic (exact) mass is 363 g/mol. The first-order valence-electron chi connectivity index (χ1n) is 10.1. The van der Waals surface area contributed by atoms with Gasteiger partial charge in [-0.1, -0.05) is 48.5 Å². The molecule has 0 radical (unpaired) electrons. The number of carbonyl (C=O) groups excluding carboxylic acids is 1. The van der Waals surface area contributed by atoms with Crippen LogP contribution < -0.4 is 16.0 Å². The van der Waals surface area contributed by atoms with Crippen molar-refractivity contribution in [3.8, 4) is 0 Å². The van der Waals surface area contributed by atoms with Gasteiger partial charge in [0.1, 0.15) is 0 Å². The van der Waals surface area contributed by atoms with E-state index < -0.39 is 0 Å². The van der Waals surface area contributed by atoms with Crippen molar-refractivity contribution in [3.05, 3.63) is 70.8 Å². The zero-order valence-corrected chi connectivity index (χ0v) is 16.0. The van der Waals surface area contributed by atoms with Crippen molar-refractivity contribution in [2.24, 2.45) is 5.92 Å². The third kappa shape index (κ3) is 4.51. The van der Waals surface area contributed by atoms with Crippen molar-refractivity contribution in [3.63, 3.8) is 0 Å². The number of hydrogen-bond acceptors (Lipinski definition) is 2. The van der Waals surface area contributed by atoms with E-state index >= 15 is 0 Å². The van der Waals surface area contributed by atoms with Crippen LogP contribution in [0.2, 0.25) is 0 Å². The van der Waals surface area contributed by atoms with Crippen LogP contribution in [0.3, 0.4) is 0 Å². The number of nitrogens with one attached hydrogen (secondary N) is 3. The summed E-state index contributed by atoms with van der Waals surface area (Å²) in [4.78, 5) is 12.3. The van der Waals surface area contributed by atoms with Crippen LogP contribution in [0.4, 0.5) is 4.79 Å². The van der Waals surface area contributed by atoms with Gasteiger partial charge in [0.25, 0.3) is 0 Å². The smallest absolute Gasteiger partial charge is 0.315 e. The summed E-state index contributed by atoms with van der Waals surface area (Å²) in [6.45, 7) is 3.64. The van der Waals surface area contributed by atoms with Gasteiger partial charge < -0.3 is 16.0 Å². The summed E-state index contributed by atoms with van der Waals surface area (Å²) < 4.78 is 0. The molecule has 1 aliphatic heterocycles. The summed E-state index contributed by atoms with van der Waals surface area (Å²) in [5.74, 6) is 0.634. The Labute approximate surface area is 161 Å². The van der Waals surface area contributed by atoms with E-state index in [4.69, 9.17) is 0 Å². The third-order valence-corrected chi connectivity index (χ3v) is 5.87. The Bertz CT molecular complexity index is 779. The molecule has 142 valence electrons. The van der Waals surface area contributed by atoms with Gasteiger partial charge in [-0.25, -0.2) is 4.79 Å². The molecule has 3 N–H and O–H groups in total. The Morgan fingerprint density at radius 1 is 1.00 bits per heavy atom. The molecule has 0 saturated heterocycles. The molecule has 2 aromatic rings. The maximum Gasteiger partial charge on any atom is 0.315 e. The molecular formula is C23H29N3O. The van der Waals surface area contributed by atoms with Crippen LogP contribution in [0.15, 0.2) is 48.5 Å². The highest BCUT2D eigenvalue weighted by Gasteiger charge is 2.23. The second-order valence-corrected chi connectivity index (χ2v) is 8.08. The topological polar surface area (TPSA) is 53.2 Å². The SMILES string of the molecule is C[C@@H](CC1Cc2ccccc2C1)NC(=O)NCC1Cc2ccccc2CN1. The molecule has 4 nitrogen and oxygen atoms in total. The lowest BCUT2D eigenvalue weighted by molar-refractivity contribution is 0.234. The lowest BCUT2D eigenvalue weighted by Crippen LogP contribution is -2.48. The zero-order valence-electron chi connectivity index (χ0n) is 16.0. The number of fused-ring (bicyclic) bond motifs is 2. The largest absolute Gasteiger partial charge is 0.337 e. The number of hydrogen-bond donors (Lipinski definition) is 3. The van der Waals surface area contributed by atoms with E-state index in [2.05, 4.69) is 71.4 Å². The van der Waals surface area contributed by atoms with Crippen LogP contribution in [0.1, 0.15) is 35.6 Å². The van der Waals surface area contributed by atoms with Crippen LogP contribution >= 0.6 is 0 Å². The predicted molar refractivity (Wildman–Crippen MR) is 109 cm³/mol. The number of benzene rings is 2. The average Bonchev–Trinajstić information content (AvgIpc) is 3.08. The first-order chi connectivity index (χ1) is 13.2. The van der Waals surface area contributed by atoms with Crippen molar-refractivity contribution in [2.75, 3.05) is 6.54 Å². The molecule has 2 aromatic carbocycles. The van der Waals surface area contributed by atoms with Crippen molar-refractivity contribution in [1.82, 2.24) is 16.0 Å². The number of rotatable bonds is 5. The van der Waals surface area contributed by atoms with E-state index in [0.29, 0.717) is 18.5 Å².